The smallest absolute Gasteiger partial charge is 0.323 e. The van der Waals surface area contributed by atoms with E-state index in [0.29, 0.717) is 26.0 Å². The van der Waals surface area contributed by atoms with E-state index in [1.807, 2.05) is 0 Å². The van der Waals surface area contributed by atoms with Gasteiger partial charge in [-0.1, -0.05) is 0 Å². The number of ether oxygens (including phenoxy) is 2. The number of carbonyl (C=O) groups is 2. The first-order valence-electron chi connectivity index (χ1n) is 5.39. The van der Waals surface area contributed by atoms with Crippen LogP contribution in [0.3, 0.4) is 0 Å². The van der Waals surface area contributed by atoms with Crippen LogP contribution in [0.4, 0.5) is 0 Å². The topological polar surface area (TPSA) is 105 Å². The number of esters is 2. The van der Waals surface area contributed by atoms with E-state index in [2.05, 4.69) is 0 Å². The molecule has 0 heterocycles. The van der Waals surface area contributed by atoms with E-state index in [-0.39, 0.29) is 19.0 Å². The third kappa shape index (κ3) is 7.19. The highest BCUT2D eigenvalue weighted by molar-refractivity contribution is 5.75. The van der Waals surface area contributed by atoms with Gasteiger partial charge in [0.1, 0.15) is 6.04 Å². The van der Waals surface area contributed by atoms with E-state index in [9.17, 15) is 9.59 Å². The second kappa shape index (κ2) is 9.11. The Bertz CT molecular complexity index is 221. The van der Waals surface area contributed by atoms with Gasteiger partial charge in [-0.25, -0.2) is 0 Å². The van der Waals surface area contributed by atoms with Crippen LogP contribution in [0.25, 0.3) is 0 Å². The second-order valence-electron chi connectivity index (χ2n) is 3.26. The first-order chi connectivity index (χ1) is 7.61. The molecule has 0 saturated heterocycles. The Hall–Kier alpha value is -1.14. The van der Waals surface area contributed by atoms with E-state index >= 15 is 0 Å². The summed E-state index contributed by atoms with van der Waals surface area (Å²) in [6.45, 7) is 2.58. The molecule has 0 saturated carbocycles. The van der Waals surface area contributed by atoms with E-state index in [1.165, 1.54) is 0 Å². The normalized spacial score (nSPS) is 11.9. The van der Waals surface area contributed by atoms with E-state index < -0.39 is 12.0 Å². The molecule has 6 nitrogen and oxygen atoms in total. The summed E-state index contributed by atoms with van der Waals surface area (Å²) < 4.78 is 9.57. The lowest BCUT2D eigenvalue weighted by Crippen LogP contribution is -2.33. The zero-order chi connectivity index (χ0) is 12.4. The van der Waals surface area contributed by atoms with Gasteiger partial charge in [-0.3, -0.25) is 9.59 Å². The maximum Gasteiger partial charge on any atom is 0.323 e. The van der Waals surface area contributed by atoms with Crippen molar-refractivity contribution in [2.75, 3.05) is 19.8 Å². The zero-order valence-corrected chi connectivity index (χ0v) is 9.61. The number of hydrogen-bond donors (Lipinski definition) is 2. The fourth-order valence-electron chi connectivity index (χ4n) is 0.985. The monoisotopic (exact) mass is 232 g/mol. The molecule has 0 aliphatic rings. The minimum absolute atomic E-state index is 0.128. The van der Waals surface area contributed by atoms with Crippen LogP contribution < -0.4 is 11.5 Å². The number of carbonyl (C=O) groups excluding carboxylic acids is 2. The standard InChI is InChI=1S/C10H20N2O4/c1-2-15-10(14)8(12)5-7-16-9(13)4-3-6-11/h8H,2-7,11-12H2,1H3. The van der Waals surface area contributed by atoms with Gasteiger partial charge in [0.2, 0.25) is 0 Å². The molecule has 4 N–H and O–H groups in total. The Kier molecular flexibility index (Phi) is 8.46. The molecule has 6 heteroatoms. The predicted molar refractivity (Wildman–Crippen MR) is 58.5 cm³/mol. The molecule has 0 spiro atoms. The SMILES string of the molecule is CCOC(=O)C(N)CCOC(=O)CCCN. The van der Waals surface area contributed by atoms with Crippen molar-refractivity contribution in [1.29, 1.82) is 0 Å². The molecule has 0 amide bonds. The van der Waals surface area contributed by atoms with E-state index in [0.717, 1.165) is 0 Å². The zero-order valence-electron chi connectivity index (χ0n) is 9.61. The summed E-state index contributed by atoms with van der Waals surface area (Å²) in [5, 5.41) is 0. The fourth-order valence-corrected chi connectivity index (χ4v) is 0.985. The van der Waals surface area contributed by atoms with Gasteiger partial charge in [0.15, 0.2) is 0 Å². The average molecular weight is 232 g/mol. The lowest BCUT2D eigenvalue weighted by molar-refractivity contribution is -0.148. The molecule has 16 heavy (non-hydrogen) atoms. The van der Waals surface area contributed by atoms with Crippen LogP contribution in [0.2, 0.25) is 0 Å². The molecule has 1 atom stereocenters. The van der Waals surface area contributed by atoms with Gasteiger partial charge in [0.25, 0.3) is 0 Å². The minimum atomic E-state index is -0.734. The van der Waals surface area contributed by atoms with Crippen molar-refractivity contribution in [2.45, 2.75) is 32.2 Å². The van der Waals surface area contributed by atoms with Gasteiger partial charge in [0.05, 0.1) is 13.2 Å². The van der Waals surface area contributed by atoms with Gasteiger partial charge in [-0.2, -0.15) is 0 Å². The van der Waals surface area contributed by atoms with Crippen molar-refractivity contribution >= 4 is 11.9 Å². The summed E-state index contributed by atoms with van der Waals surface area (Å²) in [7, 11) is 0. The Labute approximate surface area is 95.3 Å². The highest BCUT2D eigenvalue weighted by atomic mass is 16.5. The summed E-state index contributed by atoms with van der Waals surface area (Å²) in [5.74, 6) is -0.790. The van der Waals surface area contributed by atoms with Crippen LogP contribution in [0.15, 0.2) is 0 Å². The average Bonchev–Trinajstić information content (AvgIpc) is 2.26. The van der Waals surface area contributed by atoms with Crippen molar-refractivity contribution in [3.8, 4) is 0 Å². The maximum atomic E-state index is 11.1. The third-order valence-corrected chi connectivity index (χ3v) is 1.87. The molecule has 0 aromatic carbocycles. The highest BCUT2D eigenvalue weighted by Crippen LogP contribution is 1.96. The maximum absolute atomic E-state index is 11.1. The van der Waals surface area contributed by atoms with Gasteiger partial charge in [-0.05, 0) is 19.9 Å². The Morgan fingerprint density at radius 1 is 1.31 bits per heavy atom. The Morgan fingerprint density at radius 2 is 2.00 bits per heavy atom. The molecular weight excluding hydrogens is 212 g/mol. The van der Waals surface area contributed by atoms with Crippen LogP contribution in [-0.2, 0) is 19.1 Å². The van der Waals surface area contributed by atoms with Crippen molar-refractivity contribution in [3.63, 3.8) is 0 Å². The number of rotatable bonds is 8. The molecule has 0 radical (unpaired) electrons. The van der Waals surface area contributed by atoms with Gasteiger partial charge in [0, 0.05) is 12.8 Å². The lowest BCUT2D eigenvalue weighted by Gasteiger charge is -2.10. The van der Waals surface area contributed by atoms with Crippen LogP contribution in [-0.4, -0.2) is 37.7 Å². The second-order valence-corrected chi connectivity index (χ2v) is 3.26. The molecule has 0 fully saturated rings. The number of hydrogen-bond acceptors (Lipinski definition) is 6. The molecule has 94 valence electrons. The summed E-state index contributed by atoms with van der Waals surface area (Å²) in [4.78, 5) is 22.1. The first-order valence-corrected chi connectivity index (χ1v) is 5.39. The van der Waals surface area contributed by atoms with Crippen LogP contribution >= 0.6 is 0 Å². The summed E-state index contributed by atoms with van der Waals surface area (Å²) in [6.07, 6.45) is 1.17. The molecule has 0 aliphatic carbocycles. The third-order valence-electron chi connectivity index (χ3n) is 1.87. The molecule has 0 aromatic heterocycles. The summed E-state index contributed by atoms with van der Waals surface area (Å²) in [6, 6.07) is -0.734. The summed E-state index contributed by atoms with van der Waals surface area (Å²) in [5.41, 5.74) is 10.7. The van der Waals surface area contributed by atoms with E-state index in [4.69, 9.17) is 20.9 Å². The lowest BCUT2D eigenvalue weighted by atomic mass is 10.2. The van der Waals surface area contributed by atoms with E-state index in [1.54, 1.807) is 6.92 Å². The molecule has 0 bridgehead atoms. The molecule has 0 aromatic rings. The highest BCUT2D eigenvalue weighted by Gasteiger charge is 2.14. The largest absolute Gasteiger partial charge is 0.466 e. The summed E-state index contributed by atoms with van der Waals surface area (Å²) >= 11 is 0. The van der Waals surface area contributed by atoms with Crippen LogP contribution in [0.5, 0.6) is 0 Å². The number of nitrogens with two attached hydrogens (primary N) is 2. The predicted octanol–water partition coefficient (Wildman–Crippen LogP) is -0.451. The first kappa shape index (κ1) is 14.9. The van der Waals surface area contributed by atoms with Crippen LogP contribution in [0.1, 0.15) is 26.2 Å². The molecule has 0 aliphatic heterocycles. The van der Waals surface area contributed by atoms with Crippen molar-refractivity contribution in [1.82, 2.24) is 0 Å². The molecule has 1 unspecified atom stereocenters. The Morgan fingerprint density at radius 3 is 2.56 bits per heavy atom. The molecular formula is C10H20N2O4. The van der Waals surface area contributed by atoms with Crippen LogP contribution in [0, 0.1) is 0 Å². The minimum Gasteiger partial charge on any atom is -0.466 e. The van der Waals surface area contributed by atoms with Crippen molar-refractivity contribution in [2.24, 2.45) is 11.5 Å². The quantitative estimate of drug-likeness (QED) is 0.549. The van der Waals surface area contributed by atoms with Crippen molar-refractivity contribution < 1.29 is 19.1 Å². The van der Waals surface area contributed by atoms with Gasteiger partial charge >= 0.3 is 11.9 Å². The van der Waals surface area contributed by atoms with Crippen molar-refractivity contribution in [3.05, 3.63) is 0 Å². The van der Waals surface area contributed by atoms with Gasteiger partial charge in [-0.15, -0.1) is 0 Å². The van der Waals surface area contributed by atoms with Gasteiger partial charge < -0.3 is 20.9 Å². The molecule has 0 rings (SSSR count). The fraction of sp³-hybridized carbons (Fsp3) is 0.800. The Balaban J connectivity index is 3.57.